The van der Waals surface area contributed by atoms with Gasteiger partial charge in [-0.05, 0) is 36.8 Å². The molecule has 0 saturated heterocycles. The van der Waals surface area contributed by atoms with Gasteiger partial charge >= 0.3 is 5.63 Å². The van der Waals surface area contributed by atoms with Gasteiger partial charge in [-0.3, -0.25) is 4.99 Å². The molecule has 114 valence electrons. The Morgan fingerprint density at radius 3 is 2.65 bits per heavy atom. The van der Waals surface area contributed by atoms with Crippen LogP contribution in [0.2, 0.25) is 0 Å². The Labute approximate surface area is 131 Å². The third-order valence-corrected chi connectivity index (χ3v) is 3.41. The Morgan fingerprint density at radius 1 is 1.09 bits per heavy atom. The van der Waals surface area contributed by atoms with E-state index in [9.17, 15) is 14.7 Å². The van der Waals surface area contributed by atoms with E-state index >= 15 is 0 Å². The molecule has 0 spiro atoms. The van der Waals surface area contributed by atoms with E-state index in [1.54, 1.807) is 37.3 Å². The summed E-state index contributed by atoms with van der Waals surface area (Å²) in [5.41, 5.74) is 1.26. The van der Waals surface area contributed by atoms with Crippen molar-refractivity contribution in [2.75, 3.05) is 0 Å². The second-order valence-electron chi connectivity index (χ2n) is 5.02. The van der Waals surface area contributed by atoms with Gasteiger partial charge in [0.05, 0.1) is 22.9 Å². The van der Waals surface area contributed by atoms with Gasteiger partial charge in [-0.1, -0.05) is 30.3 Å². The Balaban J connectivity index is 2.07. The predicted octanol–water partition coefficient (Wildman–Crippen LogP) is 2.30. The topological polar surface area (TPSA) is 82.7 Å². The molecule has 23 heavy (non-hydrogen) atoms. The van der Waals surface area contributed by atoms with Gasteiger partial charge < -0.3 is 14.3 Å². The van der Waals surface area contributed by atoms with Crippen molar-refractivity contribution in [2.24, 2.45) is 4.99 Å². The Hall–Kier alpha value is -3.21. The fraction of sp³-hybridized carbons (Fsp3) is 0.0556. The second-order valence-corrected chi connectivity index (χ2v) is 5.02. The van der Waals surface area contributed by atoms with E-state index in [1.807, 2.05) is 12.1 Å². The smallest absolute Gasteiger partial charge is 0.345 e. The van der Waals surface area contributed by atoms with Crippen LogP contribution in [0.5, 0.6) is 0 Å². The number of hydrogen-bond donors (Lipinski definition) is 0. The summed E-state index contributed by atoms with van der Waals surface area (Å²) in [6.45, 7) is 1.67. The first kappa shape index (κ1) is 14.7. The molecule has 0 saturated carbocycles. The minimum Gasteiger partial charge on any atom is -0.545 e. The van der Waals surface area contributed by atoms with Crippen LogP contribution in [0, 0.1) is 0 Å². The Bertz CT molecular complexity index is 985. The lowest BCUT2D eigenvalue weighted by atomic mass is 10.1. The van der Waals surface area contributed by atoms with E-state index in [4.69, 9.17) is 4.42 Å². The van der Waals surface area contributed by atoms with E-state index in [0.717, 1.165) is 5.39 Å². The molecule has 1 aromatic heterocycles. The molecule has 0 aliphatic rings. The fourth-order valence-electron chi connectivity index (χ4n) is 2.27. The molecule has 5 nitrogen and oxygen atoms in total. The number of carbonyl (C=O) groups excluding carboxylic acids is 1. The molecule has 0 N–H and O–H groups in total. The highest BCUT2D eigenvalue weighted by molar-refractivity contribution is 6.02. The van der Waals surface area contributed by atoms with Crippen LogP contribution in [0.3, 0.4) is 0 Å². The molecule has 3 rings (SSSR count). The van der Waals surface area contributed by atoms with Crippen LogP contribution in [0.1, 0.15) is 22.8 Å². The third-order valence-electron chi connectivity index (χ3n) is 3.41. The van der Waals surface area contributed by atoms with Crippen LogP contribution in [-0.4, -0.2) is 11.7 Å². The number of fused-ring (bicyclic) bond motifs is 1. The number of benzene rings is 2. The van der Waals surface area contributed by atoms with Crippen LogP contribution < -0.4 is 10.7 Å². The van der Waals surface area contributed by atoms with Crippen molar-refractivity contribution in [2.45, 2.75) is 6.92 Å². The third kappa shape index (κ3) is 3.03. The van der Waals surface area contributed by atoms with Gasteiger partial charge in [0.25, 0.3) is 0 Å². The maximum Gasteiger partial charge on any atom is 0.345 e. The predicted molar refractivity (Wildman–Crippen MR) is 85.1 cm³/mol. The van der Waals surface area contributed by atoms with Gasteiger partial charge in [0.1, 0.15) is 5.58 Å². The van der Waals surface area contributed by atoms with E-state index in [2.05, 4.69) is 4.99 Å². The van der Waals surface area contributed by atoms with E-state index in [-0.39, 0.29) is 5.56 Å². The molecule has 5 heteroatoms. The average Bonchev–Trinajstić information content (AvgIpc) is 2.54. The quantitative estimate of drug-likeness (QED) is 0.549. The van der Waals surface area contributed by atoms with Crippen LogP contribution in [-0.2, 0) is 0 Å². The highest BCUT2D eigenvalue weighted by Crippen LogP contribution is 2.17. The molecule has 0 fully saturated rings. The van der Waals surface area contributed by atoms with Crippen molar-refractivity contribution >= 4 is 28.3 Å². The van der Waals surface area contributed by atoms with Gasteiger partial charge in [0, 0.05) is 5.39 Å². The van der Waals surface area contributed by atoms with E-state index in [1.165, 1.54) is 12.1 Å². The number of para-hydroxylation sites is 1. The minimum atomic E-state index is -1.27. The van der Waals surface area contributed by atoms with Crippen LogP contribution in [0.4, 0.5) is 5.69 Å². The summed E-state index contributed by atoms with van der Waals surface area (Å²) in [6, 6.07) is 14.9. The molecule has 0 unspecified atom stereocenters. The molecule has 2 aromatic carbocycles. The molecule has 3 aromatic rings. The van der Waals surface area contributed by atoms with Gasteiger partial charge in [0.2, 0.25) is 0 Å². The maximum absolute atomic E-state index is 12.1. The van der Waals surface area contributed by atoms with Crippen LogP contribution in [0.25, 0.3) is 11.0 Å². The molecular formula is C18H12NO4-. The number of carboxylic acid groups (broad SMARTS) is 1. The number of aromatic carboxylic acids is 1. The zero-order chi connectivity index (χ0) is 16.4. The lowest BCUT2D eigenvalue weighted by Gasteiger charge is -2.05. The van der Waals surface area contributed by atoms with Crippen LogP contribution >= 0.6 is 0 Å². The summed E-state index contributed by atoms with van der Waals surface area (Å²) < 4.78 is 5.27. The first-order valence-corrected chi connectivity index (χ1v) is 6.94. The van der Waals surface area contributed by atoms with E-state index in [0.29, 0.717) is 22.5 Å². The summed E-state index contributed by atoms with van der Waals surface area (Å²) in [7, 11) is 0. The summed E-state index contributed by atoms with van der Waals surface area (Å²) in [6.07, 6.45) is 0. The number of nitrogens with zero attached hydrogens (tertiary/aromatic N) is 1. The maximum atomic E-state index is 12.1. The van der Waals surface area contributed by atoms with Crippen molar-refractivity contribution in [3.63, 3.8) is 0 Å². The van der Waals surface area contributed by atoms with Crippen molar-refractivity contribution in [1.82, 2.24) is 0 Å². The van der Waals surface area contributed by atoms with Crippen molar-refractivity contribution < 1.29 is 14.3 Å². The first-order valence-electron chi connectivity index (χ1n) is 6.94. The standard InChI is InChI=1S/C18H13NO4/c1-11(19-14-7-4-6-13(9-14)17(20)21)15-10-12-5-2-3-8-16(12)23-18(15)22/h2-10H,1H3,(H,20,21)/p-1. The molecule has 1 heterocycles. The normalized spacial score (nSPS) is 11.6. The molecule has 0 amide bonds. The zero-order valence-electron chi connectivity index (χ0n) is 12.3. The highest BCUT2D eigenvalue weighted by Gasteiger charge is 2.08. The molecule has 0 bridgehead atoms. The number of rotatable bonds is 3. The highest BCUT2D eigenvalue weighted by atomic mass is 16.4. The van der Waals surface area contributed by atoms with Gasteiger partial charge in [-0.15, -0.1) is 0 Å². The summed E-state index contributed by atoms with van der Waals surface area (Å²) in [5, 5.41) is 11.7. The summed E-state index contributed by atoms with van der Waals surface area (Å²) >= 11 is 0. The molecule has 0 radical (unpaired) electrons. The minimum absolute atomic E-state index is 0.0320. The molecule has 0 aliphatic carbocycles. The second kappa shape index (κ2) is 5.88. The van der Waals surface area contributed by atoms with Gasteiger partial charge in [-0.2, -0.15) is 0 Å². The number of carboxylic acids is 1. The number of carbonyl (C=O) groups is 1. The average molecular weight is 306 g/mol. The zero-order valence-corrected chi connectivity index (χ0v) is 12.3. The van der Waals surface area contributed by atoms with Crippen LogP contribution in [0.15, 0.2) is 68.8 Å². The van der Waals surface area contributed by atoms with Crippen molar-refractivity contribution in [3.8, 4) is 0 Å². The SMILES string of the molecule is CC(=Nc1cccc(C(=O)[O-])c1)c1cc2ccccc2oc1=O. The largest absolute Gasteiger partial charge is 0.545 e. The fourth-order valence-corrected chi connectivity index (χ4v) is 2.27. The lowest BCUT2D eigenvalue weighted by molar-refractivity contribution is -0.255. The lowest BCUT2D eigenvalue weighted by Crippen LogP contribution is -2.21. The Kier molecular flexibility index (Phi) is 3.76. The number of hydrogen-bond acceptors (Lipinski definition) is 5. The molecule has 0 atom stereocenters. The van der Waals surface area contributed by atoms with Crippen molar-refractivity contribution in [1.29, 1.82) is 0 Å². The van der Waals surface area contributed by atoms with Gasteiger partial charge in [0.15, 0.2) is 0 Å². The summed E-state index contributed by atoms with van der Waals surface area (Å²) in [5.74, 6) is -1.27. The molecule has 0 aliphatic heterocycles. The number of aliphatic imine (C=N–C) groups is 1. The first-order chi connectivity index (χ1) is 11.0. The monoisotopic (exact) mass is 306 g/mol. The van der Waals surface area contributed by atoms with Gasteiger partial charge in [-0.25, -0.2) is 4.79 Å². The molecular weight excluding hydrogens is 294 g/mol. The van der Waals surface area contributed by atoms with Crippen molar-refractivity contribution in [3.05, 3.63) is 76.1 Å². The Morgan fingerprint density at radius 2 is 1.87 bits per heavy atom. The van der Waals surface area contributed by atoms with E-state index < -0.39 is 11.6 Å². The summed E-state index contributed by atoms with van der Waals surface area (Å²) in [4.78, 5) is 27.3.